The number of rotatable bonds is 3. The van der Waals surface area contributed by atoms with E-state index in [-0.39, 0.29) is 0 Å². The van der Waals surface area contributed by atoms with Gasteiger partial charge in [-0.1, -0.05) is 24.3 Å². The van der Waals surface area contributed by atoms with E-state index in [4.69, 9.17) is 29.0 Å². The highest BCUT2D eigenvalue weighted by Gasteiger charge is 1.96. The number of benzene rings is 2. The molecule has 0 amide bonds. The van der Waals surface area contributed by atoms with Crippen LogP contribution >= 0.6 is 0 Å². The number of hydrogen-bond acceptors (Lipinski definition) is 4. The number of anilines is 2. The van der Waals surface area contributed by atoms with Gasteiger partial charge >= 0.3 is 10.4 Å². The van der Waals surface area contributed by atoms with Gasteiger partial charge in [0.25, 0.3) is 0 Å². The third-order valence-electron chi connectivity index (χ3n) is 2.66. The van der Waals surface area contributed by atoms with Crippen LogP contribution in [0.4, 0.5) is 11.4 Å². The summed E-state index contributed by atoms with van der Waals surface area (Å²) >= 11 is 0. The first kappa shape index (κ1) is 17.0. The second-order valence-electron chi connectivity index (χ2n) is 4.43. The molecule has 21 heavy (non-hydrogen) atoms. The molecular weight excluding hydrogens is 292 g/mol. The van der Waals surface area contributed by atoms with Gasteiger partial charge in [0, 0.05) is 11.4 Å². The number of nitrogen functional groups attached to an aromatic ring is 2. The van der Waals surface area contributed by atoms with Gasteiger partial charge in [0.1, 0.15) is 0 Å². The predicted molar refractivity (Wildman–Crippen MR) is 83.3 cm³/mol. The Labute approximate surface area is 124 Å². The van der Waals surface area contributed by atoms with Crippen molar-refractivity contribution in [3.63, 3.8) is 0 Å². The molecule has 7 heteroatoms. The molecular formula is C14H18N2O4S. The fraction of sp³-hybridized carbons (Fsp3) is 0.143. The maximum absolute atomic E-state index is 8.74. The Morgan fingerprint density at radius 2 is 0.952 bits per heavy atom. The van der Waals surface area contributed by atoms with Crippen LogP contribution in [-0.4, -0.2) is 17.5 Å². The van der Waals surface area contributed by atoms with Crippen LogP contribution in [0.2, 0.25) is 0 Å². The lowest BCUT2D eigenvalue weighted by atomic mass is 10.0. The molecule has 2 aromatic rings. The molecule has 0 unspecified atom stereocenters. The minimum absolute atomic E-state index is 0.816. The van der Waals surface area contributed by atoms with Crippen molar-refractivity contribution in [2.75, 3.05) is 11.5 Å². The van der Waals surface area contributed by atoms with Crippen LogP contribution in [0, 0.1) is 0 Å². The van der Waals surface area contributed by atoms with Gasteiger partial charge in [0.15, 0.2) is 0 Å². The monoisotopic (exact) mass is 310 g/mol. The van der Waals surface area contributed by atoms with Gasteiger partial charge < -0.3 is 11.5 Å². The zero-order valence-electron chi connectivity index (χ0n) is 11.3. The summed E-state index contributed by atoms with van der Waals surface area (Å²) in [7, 11) is -4.67. The highest BCUT2D eigenvalue weighted by molar-refractivity contribution is 7.79. The highest BCUT2D eigenvalue weighted by Crippen LogP contribution is 2.11. The quantitative estimate of drug-likeness (QED) is 0.507. The molecule has 6 N–H and O–H groups in total. The molecule has 0 aliphatic rings. The molecule has 0 aliphatic carbocycles. The van der Waals surface area contributed by atoms with Gasteiger partial charge in [0.2, 0.25) is 0 Å². The molecule has 0 saturated carbocycles. The van der Waals surface area contributed by atoms with E-state index in [2.05, 4.69) is 24.3 Å². The summed E-state index contributed by atoms with van der Waals surface area (Å²) in [5, 5.41) is 0. The standard InChI is InChI=1S/C14H16N2.H2O4S/c15-13-7-3-11(4-8-13)1-2-12-5-9-14(16)10-6-12;1-5(2,3)4/h3-10H,1-2,15-16H2;(H2,1,2,3,4). The van der Waals surface area contributed by atoms with Crippen molar-refractivity contribution in [3.05, 3.63) is 59.7 Å². The summed E-state index contributed by atoms with van der Waals surface area (Å²) in [6.07, 6.45) is 2.06. The maximum Gasteiger partial charge on any atom is 0.394 e. The zero-order chi connectivity index (χ0) is 15.9. The third kappa shape index (κ3) is 8.64. The largest absolute Gasteiger partial charge is 0.399 e. The van der Waals surface area contributed by atoms with E-state index in [1.807, 2.05) is 24.3 Å². The number of nitrogens with two attached hydrogens (primary N) is 2. The van der Waals surface area contributed by atoms with Gasteiger partial charge in [-0.15, -0.1) is 0 Å². The average Bonchev–Trinajstić information content (AvgIpc) is 2.38. The Kier molecular flexibility index (Phi) is 6.16. The van der Waals surface area contributed by atoms with Crippen molar-refractivity contribution < 1.29 is 17.5 Å². The molecule has 0 saturated heterocycles. The molecule has 2 aromatic carbocycles. The van der Waals surface area contributed by atoms with Crippen LogP contribution in [0.3, 0.4) is 0 Å². The van der Waals surface area contributed by atoms with Gasteiger partial charge in [-0.25, -0.2) is 0 Å². The van der Waals surface area contributed by atoms with Gasteiger partial charge in [0.05, 0.1) is 0 Å². The van der Waals surface area contributed by atoms with E-state index in [1.54, 1.807) is 0 Å². The molecule has 0 bridgehead atoms. The van der Waals surface area contributed by atoms with Crippen molar-refractivity contribution in [3.8, 4) is 0 Å². The molecule has 0 heterocycles. The van der Waals surface area contributed by atoms with E-state index in [0.29, 0.717) is 0 Å². The van der Waals surface area contributed by atoms with Crippen LogP contribution in [0.5, 0.6) is 0 Å². The molecule has 0 aromatic heterocycles. The number of hydrogen-bond donors (Lipinski definition) is 4. The normalized spacial score (nSPS) is 10.6. The van der Waals surface area contributed by atoms with Crippen molar-refractivity contribution in [1.82, 2.24) is 0 Å². The summed E-state index contributed by atoms with van der Waals surface area (Å²) in [6, 6.07) is 16.1. The van der Waals surface area contributed by atoms with Gasteiger partial charge in [-0.05, 0) is 48.2 Å². The highest BCUT2D eigenvalue weighted by atomic mass is 32.3. The van der Waals surface area contributed by atoms with Crippen LogP contribution in [0.25, 0.3) is 0 Å². The third-order valence-corrected chi connectivity index (χ3v) is 2.66. The van der Waals surface area contributed by atoms with Crippen LogP contribution in [-0.2, 0) is 23.2 Å². The summed E-state index contributed by atoms with van der Waals surface area (Å²) in [5.41, 5.74) is 15.5. The lowest BCUT2D eigenvalue weighted by molar-refractivity contribution is 0.381. The second kappa shape index (κ2) is 7.63. The van der Waals surface area contributed by atoms with Gasteiger partial charge in [-0.3, -0.25) is 9.11 Å². The van der Waals surface area contributed by atoms with Crippen molar-refractivity contribution in [2.24, 2.45) is 0 Å². The Hall–Kier alpha value is -2.09. The van der Waals surface area contributed by atoms with Crippen LogP contribution in [0.15, 0.2) is 48.5 Å². The summed E-state index contributed by atoms with van der Waals surface area (Å²) in [4.78, 5) is 0. The SMILES string of the molecule is Nc1ccc(CCc2ccc(N)cc2)cc1.O=S(=O)(O)O. The van der Waals surface area contributed by atoms with E-state index < -0.39 is 10.4 Å². The minimum atomic E-state index is -4.67. The molecule has 114 valence electrons. The van der Waals surface area contributed by atoms with E-state index in [1.165, 1.54) is 11.1 Å². The van der Waals surface area contributed by atoms with Crippen LogP contribution in [0.1, 0.15) is 11.1 Å². The van der Waals surface area contributed by atoms with E-state index >= 15 is 0 Å². The molecule has 0 atom stereocenters. The van der Waals surface area contributed by atoms with Crippen molar-refractivity contribution in [1.29, 1.82) is 0 Å². The Bertz CT molecular complexity index is 599. The molecule has 0 spiro atoms. The zero-order valence-corrected chi connectivity index (χ0v) is 12.1. The first-order valence-corrected chi connectivity index (χ1v) is 7.52. The molecule has 6 nitrogen and oxygen atoms in total. The molecule has 2 rings (SSSR count). The Morgan fingerprint density at radius 1 is 0.714 bits per heavy atom. The topological polar surface area (TPSA) is 127 Å². The van der Waals surface area contributed by atoms with E-state index in [0.717, 1.165) is 24.2 Å². The molecule has 0 radical (unpaired) electrons. The summed E-state index contributed by atoms with van der Waals surface area (Å²) in [5.74, 6) is 0. The first-order valence-electron chi connectivity index (χ1n) is 6.13. The smallest absolute Gasteiger partial charge is 0.394 e. The Morgan fingerprint density at radius 3 is 1.19 bits per heavy atom. The summed E-state index contributed by atoms with van der Waals surface area (Å²) < 4.78 is 31.6. The molecule has 0 aliphatic heterocycles. The average molecular weight is 310 g/mol. The number of aryl methyl sites for hydroxylation is 2. The molecule has 0 fully saturated rings. The lowest BCUT2D eigenvalue weighted by Crippen LogP contribution is -1.93. The fourth-order valence-electron chi connectivity index (χ4n) is 1.66. The second-order valence-corrected chi connectivity index (χ2v) is 5.33. The lowest BCUT2D eigenvalue weighted by Gasteiger charge is -2.03. The van der Waals surface area contributed by atoms with Crippen molar-refractivity contribution >= 4 is 21.8 Å². The Balaban J connectivity index is 0.000000383. The maximum atomic E-state index is 8.74. The fourth-order valence-corrected chi connectivity index (χ4v) is 1.66. The first-order chi connectivity index (χ1) is 9.74. The summed E-state index contributed by atoms with van der Waals surface area (Å²) in [6.45, 7) is 0. The van der Waals surface area contributed by atoms with Crippen molar-refractivity contribution in [2.45, 2.75) is 12.8 Å². The van der Waals surface area contributed by atoms with E-state index in [9.17, 15) is 0 Å². The predicted octanol–water partition coefficient (Wildman–Crippen LogP) is 1.98. The van der Waals surface area contributed by atoms with Gasteiger partial charge in [-0.2, -0.15) is 8.42 Å². The van der Waals surface area contributed by atoms with Crippen LogP contribution < -0.4 is 11.5 Å². The minimum Gasteiger partial charge on any atom is -0.399 e.